The second-order valence-corrected chi connectivity index (χ2v) is 7.87. The quantitative estimate of drug-likeness (QED) is 0.0563. The fourth-order valence-electron chi connectivity index (χ4n) is 3.39. The van der Waals surface area contributed by atoms with Gasteiger partial charge in [-0.1, -0.05) is 30.0 Å². The summed E-state index contributed by atoms with van der Waals surface area (Å²) in [7, 11) is 0. The Balaban J connectivity index is 2.11. The maximum atomic E-state index is 11.9. The van der Waals surface area contributed by atoms with E-state index in [9.17, 15) is 14.7 Å². The summed E-state index contributed by atoms with van der Waals surface area (Å²) in [6.45, 7) is 6.57. The molecular weight excluding hydrogens is 456 g/mol. The van der Waals surface area contributed by atoms with Crippen molar-refractivity contribution in [3.63, 3.8) is 0 Å². The van der Waals surface area contributed by atoms with E-state index < -0.39 is 0 Å². The van der Waals surface area contributed by atoms with E-state index in [0.29, 0.717) is 37.2 Å². The predicted molar refractivity (Wildman–Crippen MR) is 142 cm³/mol. The summed E-state index contributed by atoms with van der Waals surface area (Å²) in [5.41, 5.74) is 3.65. The third-order valence-electron chi connectivity index (χ3n) is 5.11. The molecule has 0 saturated carbocycles. The molecule has 0 aliphatic carbocycles. The number of allylic oxidation sites excluding steroid dienone is 1. The zero-order valence-corrected chi connectivity index (χ0v) is 20.3. The monoisotopic (exact) mass is 488 g/mol. The molecule has 0 fully saturated rings. The van der Waals surface area contributed by atoms with Crippen LogP contribution in [-0.2, 0) is 11.2 Å². The molecule has 2 aromatic rings. The lowest BCUT2D eigenvalue weighted by molar-refractivity contribution is -0.108. The summed E-state index contributed by atoms with van der Waals surface area (Å²) in [6.07, 6.45) is 4.15. The first kappa shape index (κ1) is 28.1. The number of hydrogen-bond donors (Lipinski definition) is 5. The first-order valence-corrected chi connectivity index (χ1v) is 11.5. The second-order valence-electron chi connectivity index (χ2n) is 7.87. The van der Waals surface area contributed by atoms with E-state index in [-0.39, 0.29) is 30.7 Å². The molecule has 2 rings (SSSR count). The highest BCUT2D eigenvalue weighted by Crippen LogP contribution is 2.21. The highest BCUT2D eigenvalue weighted by molar-refractivity contribution is 5.94. The zero-order valence-electron chi connectivity index (χ0n) is 20.3. The van der Waals surface area contributed by atoms with Crippen LogP contribution in [0.25, 0.3) is 0 Å². The van der Waals surface area contributed by atoms with Gasteiger partial charge in [0.25, 0.3) is 5.91 Å². The summed E-state index contributed by atoms with van der Waals surface area (Å²) in [6, 6.07) is 14.8. The number of aliphatic hydroxyl groups excluding tert-OH is 2. The van der Waals surface area contributed by atoms with Crippen LogP contribution in [-0.4, -0.2) is 55.1 Å². The normalized spacial score (nSPS) is 12.2. The molecule has 2 aromatic carbocycles. The number of benzene rings is 2. The van der Waals surface area contributed by atoms with Gasteiger partial charge in [-0.05, 0) is 55.3 Å². The number of carbonyl (C=O) groups is 2. The number of aliphatic hydroxyl groups is 2. The molecule has 8 nitrogen and oxygen atoms in total. The van der Waals surface area contributed by atoms with Crippen molar-refractivity contribution in [3.05, 3.63) is 94.9 Å². The highest BCUT2D eigenvalue weighted by atomic mass is 16.3. The third kappa shape index (κ3) is 9.58. The predicted octanol–water partition coefficient (Wildman–Crippen LogP) is 2.31. The van der Waals surface area contributed by atoms with Crippen LogP contribution in [0.3, 0.4) is 0 Å². The summed E-state index contributed by atoms with van der Waals surface area (Å²) in [4.78, 5) is 26.7. The van der Waals surface area contributed by atoms with Gasteiger partial charge >= 0.3 is 0 Å². The van der Waals surface area contributed by atoms with Crippen LogP contribution in [0, 0.1) is 17.8 Å². The van der Waals surface area contributed by atoms with Gasteiger partial charge in [0.15, 0.2) is 0 Å². The van der Waals surface area contributed by atoms with Crippen molar-refractivity contribution in [2.45, 2.75) is 13.3 Å². The van der Waals surface area contributed by atoms with Gasteiger partial charge in [0.2, 0.25) is 6.41 Å². The summed E-state index contributed by atoms with van der Waals surface area (Å²) < 4.78 is 0. The number of carbonyl (C=O) groups excluding carboxylic acids is 2. The molecule has 0 aliphatic rings. The van der Waals surface area contributed by atoms with Crippen LogP contribution in [0.5, 0.6) is 0 Å². The standard InChI is InChI=1S/C28H32N4O4/c1-3-14-29-18-26(27(21(2)35)32-19-30-20-34)17-24-8-6-22(7-9-24)4-5-23-10-12-25(13-11-23)28(36)31-15-16-33/h3,6-13,19-20,26,29,33,35H,1,14-18H2,2H3,(H,31,36)(H,30,32,34)/b27-21+. The first-order chi connectivity index (χ1) is 17.5. The van der Waals surface area contributed by atoms with Crippen molar-refractivity contribution < 1.29 is 19.8 Å². The van der Waals surface area contributed by atoms with Crippen molar-refractivity contribution >= 4 is 18.7 Å². The lowest BCUT2D eigenvalue weighted by Crippen LogP contribution is -2.26. The molecule has 5 N–H and O–H groups in total. The third-order valence-corrected chi connectivity index (χ3v) is 5.11. The molecule has 0 saturated heterocycles. The van der Waals surface area contributed by atoms with Gasteiger partial charge in [0.1, 0.15) is 5.76 Å². The molecular formula is C28H32N4O4. The van der Waals surface area contributed by atoms with Gasteiger partial charge < -0.3 is 26.2 Å². The van der Waals surface area contributed by atoms with Crippen LogP contribution >= 0.6 is 0 Å². The molecule has 188 valence electrons. The van der Waals surface area contributed by atoms with E-state index in [2.05, 4.69) is 39.4 Å². The lowest BCUT2D eigenvalue weighted by atomic mass is 9.94. The Bertz CT molecular complexity index is 1120. The maximum absolute atomic E-state index is 11.9. The highest BCUT2D eigenvalue weighted by Gasteiger charge is 2.17. The van der Waals surface area contributed by atoms with Gasteiger partial charge in [-0.25, -0.2) is 4.99 Å². The SMILES string of the molecule is C=CCNCC(Cc1ccc(C#Cc2ccc(C(=O)NCCO)cc2)cc1)/C(N=CNC=O)=C(/C)O. The topological polar surface area (TPSA) is 123 Å². The number of hydrogen-bond acceptors (Lipinski definition) is 6. The van der Waals surface area contributed by atoms with E-state index in [4.69, 9.17) is 5.11 Å². The zero-order chi connectivity index (χ0) is 26.2. The number of amides is 2. The van der Waals surface area contributed by atoms with Gasteiger partial charge in [0.05, 0.1) is 18.6 Å². The van der Waals surface area contributed by atoms with Gasteiger partial charge in [-0.3, -0.25) is 9.59 Å². The van der Waals surface area contributed by atoms with Crippen molar-refractivity contribution in [1.82, 2.24) is 16.0 Å². The van der Waals surface area contributed by atoms with E-state index in [1.165, 1.54) is 6.34 Å². The Morgan fingerprint density at radius 3 is 2.31 bits per heavy atom. The Morgan fingerprint density at radius 2 is 1.75 bits per heavy atom. The Kier molecular flexibility index (Phi) is 12.2. The molecule has 0 bridgehead atoms. The van der Waals surface area contributed by atoms with Crippen molar-refractivity contribution in [3.8, 4) is 11.8 Å². The smallest absolute Gasteiger partial charge is 0.251 e. The van der Waals surface area contributed by atoms with Crippen molar-refractivity contribution in [2.24, 2.45) is 10.9 Å². The van der Waals surface area contributed by atoms with Gasteiger partial charge in [0, 0.05) is 42.2 Å². The van der Waals surface area contributed by atoms with Crippen LogP contribution in [0.4, 0.5) is 0 Å². The Morgan fingerprint density at radius 1 is 1.11 bits per heavy atom. The molecule has 8 heteroatoms. The Hall–Kier alpha value is -4.19. The molecule has 0 aliphatic heterocycles. The van der Waals surface area contributed by atoms with Crippen LogP contribution in [0.2, 0.25) is 0 Å². The number of rotatable bonds is 13. The molecule has 0 radical (unpaired) electrons. The maximum Gasteiger partial charge on any atom is 0.251 e. The largest absolute Gasteiger partial charge is 0.511 e. The summed E-state index contributed by atoms with van der Waals surface area (Å²) in [5, 5.41) is 27.2. The number of nitrogens with one attached hydrogen (secondary N) is 3. The molecule has 36 heavy (non-hydrogen) atoms. The minimum absolute atomic E-state index is 0.0868. The summed E-state index contributed by atoms with van der Waals surface area (Å²) in [5.74, 6) is 5.92. The first-order valence-electron chi connectivity index (χ1n) is 11.5. The number of nitrogens with zero attached hydrogens (tertiary/aromatic N) is 1. The summed E-state index contributed by atoms with van der Waals surface area (Å²) >= 11 is 0. The molecule has 1 atom stereocenters. The van der Waals surface area contributed by atoms with E-state index in [0.717, 1.165) is 16.7 Å². The van der Waals surface area contributed by atoms with E-state index in [1.54, 1.807) is 37.3 Å². The molecule has 0 spiro atoms. The molecule has 0 aromatic heterocycles. The van der Waals surface area contributed by atoms with Crippen LogP contribution in [0.1, 0.15) is 34.0 Å². The van der Waals surface area contributed by atoms with Crippen LogP contribution < -0.4 is 16.0 Å². The lowest BCUT2D eigenvalue weighted by Gasteiger charge is -2.19. The minimum atomic E-state index is -0.239. The molecule has 2 amide bonds. The average molecular weight is 489 g/mol. The molecule has 0 heterocycles. The van der Waals surface area contributed by atoms with Crippen molar-refractivity contribution in [2.75, 3.05) is 26.2 Å². The van der Waals surface area contributed by atoms with Gasteiger partial charge in [-0.15, -0.1) is 6.58 Å². The second kappa shape index (κ2) is 15.7. The fourth-order valence-corrected chi connectivity index (χ4v) is 3.39. The van der Waals surface area contributed by atoms with Crippen LogP contribution in [0.15, 0.2) is 77.6 Å². The fraction of sp³-hybridized carbons (Fsp3) is 0.250. The average Bonchev–Trinajstić information content (AvgIpc) is 2.89. The minimum Gasteiger partial charge on any atom is -0.511 e. The van der Waals surface area contributed by atoms with E-state index in [1.807, 2.05) is 24.3 Å². The number of aliphatic imine (C=N–C) groups is 1. The molecule has 1 unspecified atom stereocenters. The Labute approximate surface area is 211 Å². The van der Waals surface area contributed by atoms with Gasteiger partial charge in [-0.2, -0.15) is 0 Å². The van der Waals surface area contributed by atoms with Crippen molar-refractivity contribution in [1.29, 1.82) is 0 Å². The van der Waals surface area contributed by atoms with E-state index >= 15 is 0 Å².